The number of carbonyl (C=O) groups is 1. The van der Waals surface area contributed by atoms with Crippen molar-refractivity contribution in [1.82, 2.24) is 5.32 Å². The van der Waals surface area contributed by atoms with Crippen molar-refractivity contribution in [1.29, 1.82) is 0 Å². The quantitative estimate of drug-likeness (QED) is 0.744. The van der Waals surface area contributed by atoms with Crippen LogP contribution in [0.5, 0.6) is 0 Å². The average Bonchev–Trinajstić information content (AvgIpc) is 2.17. The fourth-order valence-corrected chi connectivity index (χ4v) is 1.16. The first-order chi connectivity index (χ1) is 7.00. The number of rotatable bonds is 3. The number of amides is 1. The molecule has 0 heterocycles. The lowest BCUT2D eigenvalue weighted by Gasteiger charge is -2.08. The Balaban J connectivity index is 2.80. The second-order valence-electron chi connectivity index (χ2n) is 3.65. The summed E-state index contributed by atoms with van der Waals surface area (Å²) in [6.45, 7) is 7.21. The molecule has 80 valence electrons. The lowest BCUT2D eigenvalue weighted by atomic mass is 10.1. The molecule has 0 atom stereocenters. The van der Waals surface area contributed by atoms with Crippen LogP contribution in [0.1, 0.15) is 29.8 Å². The summed E-state index contributed by atoms with van der Waals surface area (Å²) in [5, 5.41) is 11.9. The Kier molecular flexibility index (Phi) is 3.50. The molecular formula is C12H15NO2. The van der Waals surface area contributed by atoms with Gasteiger partial charge in [-0.3, -0.25) is 4.79 Å². The molecule has 0 radical (unpaired) electrons. The maximum Gasteiger partial charge on any atom is 0.251 e. The van der Waals surface area contributed by atoms with Crippen LogP contribution in [0.2, 0.25) is 0 Å². The zero-order valence-electron chi connectivity index (χ0n) is 8.95. The predicted octanol–water partition coefficient (Wildman–Crippen LogP) is 2.35. The number of aliphatic hydroxyl groups is 1. The smallest absolute Gasteiger partial charge is 0.251 e. The van der Waals surface area contributed by atoms with Gasteiger partial charge in [0, 0.05) is 17.2 Å². The van der Waals surface area contributed by atoms with E-state index in [1.54, 1.807) is 24.3 Å². The molecule has 0 unspecified atom stereocenters. The summed E-state index contributed by atoms with van der Waals surface area (Å²) in [6.07, 6.45) is 0. The van der Waals surface area contributed by atoms with Gasteiger partial charge >= 0.3 is 0 Å². The van der Waals surface area contributed by atoms with Crippen LogP contribution in [-0.2, 0) is 0 Å². The minimum atomic E-state index is -0.111. The molecule has 1 rings (SSSR count). The van der Waals surface area contributed by atoms with Crippen LogP contribution in [0, 0.1) is 0 Å². The molecule has 0 fully saturated rings. The SMILES string of the molecule is C=C(O)c1ccc(C(=O)NC(C)C)cc1. The van der Waals surface area contributed by atoms with Gasteiger partial charge in [-0.1, -0.05) is 18.7 Å². The van der Waals surface area contributed by atoms with Gasteiger partial charge in [0.2, 0.25) is 0 Å². The van der Waals surface area contributed by atoms with Crippen molar-refractivity contribution in [3.63, 3.8) is 0 Å². The highest BCUT2D eigenvalue weighted by atomic mass is 16.3. The van der Waals surface area contributed by atoms with Gasteiger partial charge in [-0.15, -0.1) is 0 Å². The van der Waals surface area contributed by atoms with Crippen LogP contribution in [-0.4, -0.2) is 17.1 Å². The van der Waals surface area contributed by atoms with Gasteiger partial charge in [0.15, 0.2) is 0 Å². The first-order valence-corrected chi connectivity index (χ1v) is 4.80. The van der Waals surface area contributed by atoms with Crippen molar-refractivity contribution in [2.24, 2.45) is 0 Å². The summed E-state index contributed by atoms with van der Waals surface area (Å²) in [7, 11) is 0. The Labute approximate surface area is 89.4 Å². The highest BCUT2D eigenvalue weighted by molar-refractivity contribution is 5.94. The first-order valence-electron chi connectivity index (χ1n) is 4.80. The second kappa shape index (κ2) is 4.64. The Bertz CT molecular complexity index is 366. The molecule has 0 aromatic heterocycles. The van der Waals surface area contributed by atoms with E-state index in [9.17, 15) is 4.79 Å². The van der Waals surface area contributed by atoms with Crippen LogP contribution in [0.3, 0.4) is 0 Å². The van der Waals surface area contributed by atoms with Crippen molar-refractivity contribution >= 4 is 11.7 Å². The lowest BCUT2D eigenvalue weighted by molar-refractivity contribution is 0.0943. The number of carbonyl (C=O) groups excluding carboxylic acids is 1. The molecule has 0 aliphatic carbocycles. The van der Waals surface area contributed by atoms with Crippen LogP contribution in [0.25, 0.3) is 5.76 Å². The molecule has 1 amide bonds. The lowest BCUT2D eigenvalue weighted by Crippen LogP contribution is -2.29. The van der Waals surface area contributed by atoms with Crippen LogP contribution >= 0.6 is 0 Å². The van der Waals surface area contributed by atoms with E-state index in [1.807, 2.05) is 13.8 Å². The number of aliphatic hydroxyl groups excluding tert-OH is 1. The van der Waals surface area contributed by atoms with Crippen LogP contribution in [0.4, 0.5) is 0 Å². The maximum absolute atomic E-state index is 11.5. The van der Waals surface area contributed by atoms with Crippen molar-refractivity contribution in [3.05, 3.63) is 42.0 Å². The standard InChI is InChI=1S/C12H15NO2/c1-8(2)13-12(15)11-6-4-10(5-7-11)9(3)14/h4-8,14H,3H2,1-2H3,(H,13,15). The number of nitrogens with one attached hydrogen (secondary N) is 1. The summed E-state index contributed by atoms with van der Waals surface area (Å²) in [6, 6.07) is 6.77. The molecule has 3 heteroatoms. The highest BCUT2D eigenvalue weighted by Gasteiger charge is 2.06. The highest BCUT2D eigenvalue weighted by Crippen LogP contribution is 2.10. The van der Waals surface area contributed by atoms with Gasteiger partial charge in [0.25, 0.3) is 5.91 Å². The van der Waals surface area contributed by atoms with Gasteiger partial charge in [0.05, 0.1) is 0 Å². The monoisotopic (exact) mass is 205 g/mol. The van der Waals surface area contributed by atoms with Crippen molar-refractivity contribution in [3.8, 4) is 0 Å². The first kappa shape index (κ1) is 11.3. The summed E-state index contributed by atoms with van der Waals surface area (Å²) < 4.78 is 0. The molecule has 0 aliphatic heterocycles. The van der Waals surface area contributed by atoms with Crippen molar-refractivity contribution in [2.45, 2.75) is 19.9 Å². The summed E-state index contributed by atoms with van der Waals surface area (Å²) in [5.74, 6) is -0.106. The fraction of sp³-hybridized carbons (Fsp3) is 0.250. The van der Waals surface area contributed by atoms with E-state index in [0.717, 1.165) is 0 Å². The molecule has 3 nitrogen and oxygen atoms in total. The largest absolute Gasteiger partial charge is 0.508 e. The van der Waals surface area contributed by atoms with Gasteiger partial charge in [-0.05, 0) is 26.0 Å². The van der Waals surface area contributed by atoms with Gasteiger partial charge in [0.1, 0.15) is 5.76 Å². The Morgan fingerprint density at radius 1 is 1.27 bits per heavy atom. The third-order valence-electron chi connectivity index (χ3n) is 1.90. The summed E-state index contributed by atoms with van der Waals surface area (Å²) in [4.78, 5) is 11.5. The minimum Gasteiger partial charge on any atom is -0.508 e. The molecular weight excluding hydrogens is 190 g/mol. The molecule has 1 aromatic carbocycles. The van der Waals surface area contributed by atoms with E-state index in [-0.39, 0.29) is 17.7 Å². The Morgan fingerprint density at radius 3 is 2.13 bits per heavy atom. The number of benzene rings is 1. The molecule has 0 aliphatic rings. The minimum absolute atomic E-state index is 0.00539. The van der Waals surface area contributed by atoms with Gasteiger partial charge in [-0.2, -0.15) is 0 Å². The van der Waals surface area contributed by atoms with E-state index in [2.05, 4.69) is 11.9 Å². The molecule has 15 heavy (non-hydrogen) atoms. The molecule has 0 spiro atoms. The van der Waals surface area contributed by atoms with Crippen LogP contribution < -0.4 is 5.32 Å². The second-order valence-corrected chi connectivity index (χ2v) is 3.65. The molecule has 0 saturated carbocycles. The Hall–Kier alpha value is -1.77. The molecule has 1 aromatic rings. The number of hydrogen-bond acceptors (Lipinski definition) is 2. The van der Waals surface area contributed by atoms with Gasteiger partial charge in [-0.25, -0.2) is 0 Å². The zero-order chi connectivity index (χ0) is 11.4. The van der Waals surface area contributed by atoms with Crippen molar-refractivity contribution < 1.29 is 9.90 Å². The molecule has 0 saturated heterocycles. The summed E-state index contributed by atoms with van der Waals surface area (Å²) in [5.41, 5.74) is 1.20. The fourth-order valence-electron chi connectivity index (χ4n) is 1.16. The number of hydrogen-bond donors (Lipinski definition) is 2. The maximum atomic E-state index is 11.5. The van der Waals surface area contributed by atoms with Crippen molar-refractivity contribution in [2.75, 3.05) is 0 Å². The normalized spacial score (nSPS) is 10.1. The van der Waals surface area contributed by atoms with E-state index in [4.69, 9.17) is 5.11 Å². The molecule has 0 bridgehead atoms. The van der Waals surface area contributed by atoms with Gasteiger partial charge < -0.3 is 10.4 Å². The average molecular weight is 205 g/mol. The topological polar surface area (TPSA) is 49.3 Å². The van der Waals surface area contributed by atoms with Crippen LogP contribution in [0.15, 0.2) is 30.8 Å². The third kappa shape index (κ3) is 3.13. The van der Waals surface area contributed by atoms with E-state index in [0.29, 0.717) is 11.1 Å². The Morgan fingerprint density at radius 2 is 1.73 bits per heavy atom. The predicted molar refractivity (Wildman–Crippen MR) is 60.7 cm³/mol. The summed E-state index contributed by atoms with van der Waals surface area (Å²) >= 11 is 0. The third-order valence-corrected chi connectivity index (χ3v) is 1.90. The zero-order valence-corrected chi connectivity index (χ0v) is 8.95. The van der Waals surface area contributed by atoms with E-state index >= 15 is 0 Å². The van der Waals surface area contributed by atoms with E-state index in [1.165, 1.54) is 0 Å². The van der Waals surface area contributed by atoms with E-state index < -0.39 is 0 Å². The molecule has 2 N–H and O–H groups in total.